The van der Waals surface area contributed by atoms with Crippen molar-refractivity contribution in [2.24, 2.45) is 17.1 Å². The second kappa shape index (κ2) is 5.38. The number of amides is 1. The molecule has 1 aliphatic carbocycles. The van der Waals surface area contributed by atoms with Gasteiger partial charge < -0.3 is 15.8 Å². The fourth-order valence-corrected chi connectivity index (χ4v) is 4.65. The van der Waals surface area contributed by atoms with Gasteiger partial charge in [0.25, 0.3) is 0 Å². The summed E-state index contributed by atoms with van der Waals surface area (Å²) in [6.45, 7) is 5.55. The van der Waals surface area contributed by atoms with Crippen LogP contribution in [0.5, 0.6) is 0 Å². The van der Waals surface area contributed by atoms with Gasteiger partial charge in [-0.15, -0.1) is 11.3 Å². The lowest BCUT2D eigenvalue weighted by Gasteiger charge is -2.65. The van der Waals surface area contributed by atoms with Gasteiger partial charge in [-0.25, -0.2) is 0 Å². The van der Waals surface area contributed by atoms with Gasteiger partial charge in [-0.05, 0) is 30.7 Å². The largest absolute Gasteiger partial charge is 0.377 e. The van der Waals surface area contributed by atoms with Gasteiger partial charge in [0.2, 0.25) is 5.91 Å². The molecule has 2 fully saturated rings. The summed E-state index contributed by atoms with van der Waals surface area (Å²) in [7, 11) is 0. The third-order valence-corrected chi connectivity index (χ3v) is 6.23. The van der Waals surface area contributed by atoms with E-state index in [0.29, 0.717) is 6.54 Å². The molecular weight excluding hydrogens is 284 g/mol. The first-order valence-corrected chi connectivity index (χ1v) is 8.57. The number of thiophene rings is 1. The van der Waals surface area contributed by atoms with Crippen LogP contribution in [-0.2, 0) is 16.0 Å². The SMILES string of the molecule is CC1(C)C2OCCCC2C1(N)C(=O)NCCc1cccs1. The van der Waals surface area contributed by atoms with Gasteiger partial charge in [-0.2, -0.15) is 0 Å². The summed E-state index contributed by atoms with van der Waals surface area (Å²) >= 11 is 1.72. The first-order chi connectivity index (χ1) is 9.98. The standard InChI is InChI=1S/C16H24N2O2S/c1-15(2)13-12(6-3-9-20-13)16(15,17)14(19)18-8-7-11-5-4-10-21-11/h4-5,10,12-13H,3,6-9,17H2,1-2H3,(H,18,19). The van der Waals surface area contributed by atoms with E-state index in [9.17, 15) is 4.79 Å². The second-order valence-corrected chi connectivity index (χ2v) is 7.75. The van der Waals surface area contributed by atoms with Crippen LogP contribution in [0.2, 0.25) is 0 Å². The van der Waals surface area contributed by atoms with Crippen molar-refractivity contribution in [1.29, 1.82) is 0 Å². The van der Waals surface area contributed by atoms with Crippen LogP contribution >= 0.6 is 11.3 Å². The van der Waals surface area contributed by atoms with Gasteiger partial charge in [0.1, 0.15) is 5.54 Å². The molecule has 0 spiro atoms. The van der Waals surface area contributed by atoms with Crippen LogP contribution in [0.3, 0.4) is 0 Å². The highest BCUT2D eigenvalue weighted by molar-refractivity contribution is 7.09. The van der Waals surface area contributed by atoms with Crippen molar-refractivity contribution >= 4 is 17.2 Å². The lowest BCUT2D eigenvalue weighted by atomic mass is 9.46. The second-order valence-electron chi connectivity index (χ2n) is 6.72. The topological polar surface area (TPSA) is 64.3 Å². The van der Waals surface area contributed by atoms with Crippen molar-refractivity contribution < 1.29 is 9.53 Å². The van der Waals surface area contributed by atoms with E-state index in [2.05, 4.69) is 30.6 Å². The number of nitrogens with two attached hydrogens (primary N) is 1. The number of rotatable bonds is 4. The van der Waals surface area contributed by atoms with Crippen molar-refractivity contribution in [3.63, 3.8) is 0 Å². The quantitative estimate of drug-likeness (QED) is 0.893. The van der Waals surface area contributed by atoms with Crippen molar-refractivity contribution in [1.82, 2.24) is 5.32 Å². The Balaban J connectivity index is 1.62. The smallest absolute Gasteiger partial charge is 0.241 e. The highest BCUT2D eigenvalue weighted by Gasteiger charge is 2.70. The molecule has 5 heteroatoms. The van der Waals surface area contributed by atoms with Gasteiger partial charge in [-0.1, -0.05) is 19.9 Å². The molecular formula is C16H24N2O2S. The number of carbonyl (C=O) groups excluding carboxylic acids is 1. The Morgan fingerprint density at radius 3 is 3.10 bits per heavy atom. The Morgan fingerprint density at radius 2 is 2.38 bits per heavy atom. The molecule has 116 valence electrons. The molecule has 3 rings (SSSR count). The molecule has 3 atom stereocenters. The third-order valence-electron chi connectivity index (χ3n) is 5.30. The number of fused-ring (bicyclic) bond motifs is 1. The van der Waals surface area contributed by atoms with Crippen LogP contribution in [0, 0.1) is 11.3 Å². The summed E-state index contributed by atoms with van der Waals surface area (Å²) in [6.07, 6.45) is 2.98. The summed E-state index contributed by atoms with van der Waals surface area (Å²) in [5, 5.41) is 5.10. The minimum atomic E-state index is -0.798. The molecule has 1 aliphatic heterocycles. The molecule has 0 radical (unpaired) electrons. The number of nitrogens with one attached hydrogen (secondary N) is 1. The summed E-state index contributed by atoms with van der Waals surface area (Å²) in [6, 6.07) is 4.12. The number of carbonyl (C=O) groups is 1. The minimum absolute atomic E-state index is 0.0178. The van der Waals surface area contributed by atoms with Crippen LogP contribution in [0.25, 0.3) is 0 Å². The van der Waals surface area contributed by atoms with Crippen LogP contribution in [0.1, 0.15) is 31.6 Å². The maximum Gasteiger partial charge on any atom is 0.241 e. The predicted molar refractivity (Wildman–Crippen MR) is 84.2 cm³/mol. The molecule has 1 saturated carbocycles. The molecule has 1 amide bonds. The highest BCUT2D eigenvalue weighted by atomic mass is 32.1. The van der Waals surface area contributed by atoms with Crippen molar-refractivity contribution in [3.05, 3.63) is 22.4 Å². The van der Waals surface area contributed by atoms with Gasteiger partial charge in [0.05, 0.1) is 6.10 Å². The van der Waals surface area contributed by atoms with E-state index in [1.807, 2.05) is 6.07 Å². The summed E-state index contributed by atoms with van der Waals surface area (Å²) in [5.74, 6) is 0.138. The molecule has 3 unspecified atom stereocenters. The van der Waals surface area contributed by atoms with E-state index in [4.69, 9.17) is 10.5 Å². The molecule has 1 aromatic heterocycles. The van der Waals surface area contributed by atoms with E-state index in [1.54, 1.807) is 11.3 Å². The van der Waals surface area contributed by atoms with Crippen LogP contribution < -0.4 is 11.1 Å². The van der Waals surface area contributed by atoms with E-state index in [-0.39, 0.29) is 23.3 Å². The highest BCUT2D eigenvalue weighted by Crippen LogP contribution is 2.57. The van der Waals surface area contributed by atoms with Crippen molar-refractivity contribution in [3.8, 4) is 0 Å². The van der Waals surface area contributed by atoms with Crippen molar-refractivity contribution in [2.75, 3.05) is 13.2 Å². The fraction of sp³-hybridized carbons (Fsp3) is 0.688. The average Bonchev–Trinajstić information content (AvgIpc) is 2.99. The van der Waals surface area contributed by atoms with Gasteiger partial charge in [0, 0.05) is 29.4 Å². The Bertz CT molecular complexity index is 514. The van der Waals surface area contributed by atoms with Gasteiger partial charge in [-0.3, -0.25) is 4.79 Å². The molecule has 4 nitrogen and oxygen atoms in total. The Morgan fingerprint density at radius 1 is 1.57 bits per heavy atom. The van der Waals surface area contributed by atoms with E-state index < -0.39 is 5.54 Å². The molecule has 1 aromatic rings. The van der Waals surface area contributed by atoms with E-state index >= 15 is 0 Å². The van der Waals surface area contributed by atoms with E-state index in [0.717, 1.165) is 25.9 Å². The molecule has 3 N–H and O–H groups in total. The first-order valence-electron chi connectivity index (χ1n) is 7.69. The summed E-state index contributed by atoms with van der Waals surface area (Å²) in [4.78, 5) is 13.9. The molecule has 0 aromatic carbocycles. The number of hydrogen-bond acceptors (Lipinski definition) is 4. The Hall–Kier alpha value is -0.910. The molecule has 0 bridgehead atoms. The summed E-state index contributed by atoms with van der Waals surface area (Å²) in [5.41, 5.74) is 5.45. The van der Waals surface area contributed by atoms with Gasteiger partial charge in [0.15, 0.2) is 0 Å². The molecule has 21 heavy (non-hydrogen) atoms. The van der Waals surface area contributed by atoms with Crippen LogP contribution in [0.15, 0.2) is 17.5 Å². The zero-order chi connectivity index (χ0) is 15.1. The average molecular weight is 308 g/mol. The summed E-state index contributed by atoms with van der Waals surface area (Å²) < 4.78 is 5.84. The lowest BCUT2D eigenvalue weighted by Crippen LogP contribution is -2.82. The Labute approximate surface area is 130 Å². The van der Waals surface area contributed by atoms with Crippen molar-refractivity contribution in [2.45, 2.75) is 44.8 Å². The first kappa shape index (κ1) is 15.0. The van der Waals surface area contributed by atoms with Gasteiger partial charge >= 0.3 is 0 Å². The monoisotopic (exact) mass is 308 g/mol. The van der Waals surface area contributed by atoms with E-state index in [1.165, 1.54) is 4.88 Å². The molecule has 2 heterocycles. The normalized spacial score (nSPS) is 33.9. The Kier molecular flexibility index (Phi) is 3.84. The minimum Gasteiger partial charge on any atom is -0.377 e. The maximum atomic E-state index is 12.7. The van der Waals surface area contributed by atoms with Crippen LogP contribution in [-0.4, -0.2) is 30.7 Å². The predicted octanol–water partition coefficient (Wildman–Crippen LogP) is 1.94. The number of hydrogen-bond donors (Lipinski definition) is 2. The third kappa shape index (κ3) is 2.22. The fourth-order valence-electron chi connectivity index (χ4n) is 3.94. The maximum absolute atomic E-state index is 12.7. The molecule has 2 aliphatic rings. The van der Waals surface area contributed by atoms with Crippen LogP contribution in [0.4, 0.5) is 0 Å². The zero-order valence-electron chi connectivity index (χ0n) is 12.7. The number of ether oxygens (including phenoxy) is 1. The zero-order valence-corrected chi connectivity index (χ0v) is 13.5. The lowest BCUT2D eigenvalue weighted by molar-refractivity contribution is -0.225. The molecule has 1 saturated heterocycles.